The summed E-state index contributed by atoms with van der Waals surface area (Å²) in [6.07, 6.45) is 0.276. The summed E-state index contributed by atoms with van der Waals surface area (Å²) in [6.45, 7) is 7.05. The molecule has 1 fully saturated rings. The summed E-state index contributed by atoms with van der Waals surface area (Å²) >= 11 is 1.38. The highest BCUT2D eigenvalue weighted by atomic mass is 32.1. The molecule has 0 radical (unpaired) electrons. The zero-order chi connectivity index (χ0) is 21.3. The van der Waals surface area contributed by atoms with Gasteiger partial charge in [-0.15, -0.1) is 0 Å². The number of anilines is 2. The zero-order valence-electron chi connectivity index (χ0n) is 17.2. The number of fused-ring (bicyclic) bond motifs is 1. The van der Waals surface area contributed by atoms with Crippen molar-refractivity contribution >= 4 is 44.3 Å². The Balaban J connectivity index is 1.39. The van der Waals surface area contributed by atoms with Crippen LogP contribution in [-0.4, -0.2) is 36.1 Å². The molecule has 8 heteroatoms. The number of urea groups is 1. The largest absolute Gasteiger partial charge is 0.494 e. The molecular formula is C22H24N4O3S. The smallest absolute Gasteiger partial charge is 0.321 e. The predicted molar refractivity (Wildman–Crippen MR) is 120 cm³/mol. The molecule has 4 rings (SSSR count). The molecule has 2 heterocycles. The first-order valence-corrected chi connectivity index (χ1v) is 10.7. The molecule has 30 heavy (non-hydrogen) atoms. The molecule has 1 atom stereocenters. The van der Waals surface area contributed by atoms with Gasteiger partial charge in [-0.3, -0.25) is 10.1 Å². The minimum Gasteiger partial charge on any atom is -0.494 e. The number of carbonyl (C=O) groups excluding carboxylic acids is 2. The fraction of sp³-hybridized carbons (Fsp3) is 0.318. The van der Waals surface area contributed by atoms with Gasteiger partial charge in [0.15, 0.2) is 5.13 Å². The molecular weight excluding hydrogens is 400 g/mol. The Kier molecular flexibility index (Phi) is 5.59. The molecule has 3 aromatic rings. The van der Waals surface area contributed by atoms with Crippen LogP contribution in [0.4, 0.5) is 15.6 Å². The number of amides is 3. The number of hydrogen-bond donors (Lipinski definition) is 2. The Morgan fingerprint density at radius 3 is 2.83 bits per heavy atom. The van der Waals surface area contributed by atoms with Crippen LogP contribution in [0.15, 0.2) is 36.4 Å². The lowest BCUT2D eigenvalue weighted by Gasteiger charge is -2.18. The van der Waals surface area contributed by atoms with E-state index < -0.39 is 0 Å². The van der Waals surface area contributed by atoms with Crippen molar-refractivity contribution in [2.75, 3.05) is 23.4 Å². The van der Waals surface area contributed by atoms with E-state index in [1.807, 2.05) is 57.2 Å². The van der Waals surface area contributed by atoms with Gasteiger partial charge in [-0.25, -0.2) is 9.78 Å². The molecule has 2 N–H and O–H groups in total. The standard InChI is InChI=1S/C22H24N4O3S/c1-4-29-17-7-8-18-19(11-17)30-22(24-18)25-21(28)23-15-10-20(27)26(12-15)16-6-5-13(2)14(3)9-16/h5-9,11,15H,4,10,12H2,1-3H3,(H2,23,24,25,28). The normalized spacial score (nSPS) is 16.2. The van der Waals surface area contributed by atoms with Gasteiger partial charge in [0.25, 0.3) is 0 Å². The number of carbonyl (C=O) groups is 2. The average molecular weight is 425 g/mol. The Hall–Kier alpha value is -3.13. The third kappa shape index (κ3) is 4.23. The van der Waals surface area contributed by atoms with E-state index in [1.165, 1.54) is 16.9 Å². The highest BCUT2D eigenvalue weighted by Crippen LogP contribution is 2.29. The second-order valence-corrected chi connectivity index (χ2v) is 8.38. The molecule has 7 nitrogen and oxygen atoms in total. The maximum absolute atomic E-state index is 12.5. The van der Waals surface area contributed by atoms with Crippen LogP contribution >= 0.6 is 11.3 Å². The highest BCUT2D eigenvalue weighted by Gasteiger charge is 2.31. The van der Waals surface area contributed by atoms with Crippen molar-refractivity contribution in [3.8, 4) is 5.75 Å². The number of nitrogens with one attached hydrogen (secondary N) is 2. The van der Waals surface area contributed by atoms with E-state index in [9.17, 15) is 9.59 Å². The summed E-state index contributed by atoms with van der Waals surface area (Å²) in [4.78, 5) is 31.1. The molecule has 2 aromatic carbocycles. The first-order chi connectivity index (χ1) is 14.4. The highest BCUT2D eigenvalue weighted by molar-refractivity contribution is 7.22. The Morgan fingerprint density at radius 2 is 2.07 bits per heavy atom. The maximum Gasteiger partial charge on any atom is 0.321 e. The van der Waals surface area contributed by atoms with Crippen molar-refractivity contribution in [2.45, 2.75) is 33.2 Å². The van der Waals surface area contributed by atoms with E-state index in [1.54, 1.807) is 4.90 Å². The topological polar surface area (TPSA) is 83.6 Å². The fourth-order valence-electron chi connectivity index (χ4n) is 3.48. The molecule has 0 bridgehead atoms. The Morgan fingerprint density at radius 1 is 1.23 bits per heavy atom. The quantitative estimate of drug-likeness (QED) is 0.642. The van der Waals surface area contributed by atoms with E-state index >= 15 is 0 Å². The SMILES string of the molecule is CCOc1ccc2nc(NC(=O)NC3CC(=O)N(c4ccc(C)c(C)c4)C3)sc2c1. The summed E-state index contributed by atoms with van der Waals surface area (Å²) in [7, 11) is 0. The van der Waals surface area contributed by atoms with Gasteiger partial charge in [-0.05, 0) is 62.2 Å². The maximum atomic E-state index is 12.5. The van der Waals surface area contributed by atoms with Gasteiger partial charge in [-0.1, -0.05) is 17.4 Å². The molecule has 3 amide bonds. The van der Waals surface area contributed by atoms with Gasteiger partial charge in [0.05, 0.1) is 22.9 Å². The number of nitrogens with zero attached hydrogens (tertiary/aromatic N) is 2. The van der Waals surface area contributed by atoms with Crippen molar-refractivity contribution in [1.29, 1.82) is 0 Å². The lowest BCUT2D eigenvalue weighted by atomic mass is 10.1. The van der Waals surface area contributed by atoms with Crippen molar-refractivity contribution in [2.24, 2.45) is 0 Å². The summed E-state index contributed by atoms with van der Waals surface area (Å²) in [5, 5.41) is 6.18. The molecule has 1 saturated heterocycles. The molecule has 0 saturated carbocycles. The predicted octanol–water partition coefficient (Wildman–Crippen LogP) is 4.24. The molecule has 1 aliphatic heterocycles. The van der Waals surface area contributed by atoms with Crippen molar-refractivity contribution in [1.82, 2.24) is 10.3 Å². The van der Waals surface area contributed by atoms with Gasteiger partial charge in [0.2, 0.25) is 5.91 Å². The second kappa shape index (κ2) is 8.31. The number of benzene rings is 2. The summed E-state index contributed by atoms with van der Waals surface area (Å²) in [5.74, 6) is 0.785. The van der Waals surface area contributed by atoms with Gasteiger partial charge >= 0.3 is 6.03 Å². The number of ether oxygens (including phenoxy) is 1. The number of hydrogen-bond acceptors (Lipinski definition) is 5. The minimum absolute atomic E-state index is 0.00648. The summed E-state index contributed by atoms with van der Waals surface area (Å²) < 4.78 is 6.44. The molecule has 0 aliphatic carbocycles. The number of aromatic nitrogens is 1. The van der Waals surface area contributed by atoms with Crippen molar-refractivity contribution in [3.05, 3.63) is 47.5 Å². The molecule has 0 spiro atoms. The zero-order valence-corrected chi connectivity index (χ0v) is 18.0. The average Bonchev–Trinajstić information content (AvgIpc) is 3.26. The Labute approximate surface area is 179 Å². The Bertz CT molecular complexity index is 1110. The monoisotopic (exact) mass is 424 g/mol. The van der Waals surface area contributed by atoms with Gasteiger partial charge < -0.3 is 15.0 Å². The molecule has 1 unspecified atom stereocenters. The van der Waals surface area contributed by atoms with Crippen LogP contribution in [0.25, 0.3) is 10.2 Å². The van der Waals surface area contributed by atoms with E-state index in [2.05, 4.69) is 15.6 Å². The van der Waals surface area contributed by atoms with E-state index in [0.717, 1.165) is 27.2 Å². The van der Waals surface area contributed by atoms with Gasteiger partial charge in [0.1, 0.15) is 5.75 Å². The van der Waals surface area contributed by atoms with Crippen LogP contribution < -0.4 is 20.3 Å². The van der Waals surface area contributed by atoms with Crippen LogP contribution in [0.2, 0.25) is 0 Å². The first-order valence-electron chi connectivity index (χ1n) is 9.91. The minimum atomic E-state index is -0.362. The van der Waals surface area contributed by atoms with Crippen LogP contribution in [0, 0.1) is 13.8 Å². The molecule has 1 aliphatic rings. The van der Waals surface area contributed by atoms with Gasteiger partial charge in [0, 0.05) is 18.7 Å². The van der Waals surface area contributed by atoms with E-state index in [0.29, 0.717) is 18.3 Å². The number of thiazole rings is 1. The van der Waals surface area contributed by atoms with Crippen LogP contribution in [-0.2, 0) is 4.79 Å². The van der Waals surface area contributed by atoms with E-state index in [-0.39, 0.29) is 24.4 Å². The third-order valence-corrected chi connectivity index (χ3v) is 6.09. The summed E-state index contributed by atoms with van der Waals surface area (Å²) in [5.41, 5.74) is 3.99. The number of aryl methyl sites for hydroxylation is 2. The lowest BCUT2D eigenvalue weighted by molar-refractivity contribution is -0.117. The lowest BCUT2D eigenvalue weighted by Crippen LogP contribution is -2.39. The van der Waals surface area contributed by atoms with E-state index in [4.69, 9.17) is 4.74 Å². The summed E-state index contributed by atoms with van der Waals surface area (Å²) in [6, 6.07) is 11.0. The molecule has 156 valence electrons. The van der Waals surface area contributed by atoms with Crippen LogP contribution in [0.1, 0.15) is 24.5 Å². The van der Waals surface area contributed by atoms with Crippen molar-refractivity contribution in [3.63, 3.8) is 0 Å². The molecule has 1 aromatic heterocycles. The number of rotatable bonds is 5. The second-order valence-electron chi connectivity index (χ2n) is 7.35. The van der Waals surface area contributed by atoms with Crippen LogP contribution in [0.3, 0.4) is 0 Å². The van der Waals surface area contributed by atoms with Crippen molar-refractivity contribution < 1.29 is 14.3 Å². The van der Waals surface area contributed by atoms with Crippen LogP contribution in [0.5, 0.6) is 5.75 Å². The van der Waals surface area contributed by atoms with Gasteiger partial charge in [-0.2, -0.15) is 0 Å². The third-order valence-electron chi connectivity index (χ3n) is 5.15. The fourth-order valence-corrected chi connectivity index (χ4v) is 4.37. The first kappa shape index (κ1) is 20.2.